The Morgan fingerprint density at radius 1 is 1.29 bits per heavy atom. The zero-order valence-electron chi connectivity index (χ0n) is 12.8. The van der Waals surface area contributed by atoms with Crippen LogP contribution in [-0.2, 0) is 16.0 Å². The minimum atomic E-state index is -0.790. The fourth-order valence-corrected chi connectivity index (χ4v) is 1.86. The van der Waals surface area contributed by atoms with Crippen molar-refractivity contribution in [3.63, 3.8) is 0 Å². The monoisotopic (exact) mass is 297 g/mol. The number of carbonyl (C=O) groups excluding carboxylic acids is 1. The smallest absolute Gasteiger partial charge is 0.303 e. The standard InChI is InChI=1S/C14H23N3O4/c1-10-16-12(21-17-10)5-4-11(18)15-9-8-14(2,3)7-6-13(19)20/h4-9H2,1-3H3,(H,15,18)(H,19,20). The number of aromatic nitrogens is 2. The number of carboxylic acid groups (broad SMARTS) is 1. The predicted molar refractivity (Wildman–Crippen MR) is 75.6 cm³/mol. The zero-order valence-corrected chi connectivity index (χ0v) is 12.8. The first-order chi connectivity index (χ1) is 9.78. The molecule has 1 amide bonds. The van der Waals surface area contributed by atoms with Crippen molar-refractivity contribution in [2.45, 2.75) is 52.9 Å². The molecule has 1 rings (SSSR count). The molecule has 0 atom stereocenters. The van der Waals surface area contributed by atoms with E-state index in [0.29, 0.717) is 37.5 Å². The summed E-state index contributed by atoms with van der Waals surface area (Å²) in [6.07, 6.45) is 2.22. The van der Waals surface area contributed by atoms with Crippen molar-refractivity contribution in [2.24, 2.45) is 5.41 Å². The van der Waals surface area contributed by atoms with E-state index in [1.807, 2.05) is 13.8 Å². The van der Waals surface area contributed by atoms with Gasteiger partial charge in [-0.1, -0.05) is 19.0 Å². The number of amides is 1. The highest BCUT2D eigenvalue weighted by Crippen LogP contribution is 2.25. The molecule has 1 aromatic rings. The number of aryl methyl sites for hydroxylation is 2. The lowest BCUT2D eigenvalue weighted by Gasteiger charge is -2.23. The molecular formula is C14H23N3O4. The van der Waals surface area contributed by atoms with Gasteiger partial charge in [0.25, 0.3) is 0 Å². The second-order valence-electron chi connectivity index (χ2n) is 5.89. The Kier molecular flexibility index (Phi) is 6.33. The number of hydrogen-bond acceptors (Lipinski definition) is 5. The summed E-state index contributed by atoms with van der Waals surface area (Å²) in [5, 5.41) is 15.2. The highest BCUT2D eigenvalue weighted by Gasteiger charge is 2.19. The van der Waals surface area contributed by atoms with Gasteiger partial charge in [-0.3, -0.25) is 9.59 Å². The van der Waals surface area contributed by atoms with E-state index in [-0.39, 0.29) is 17.7 Å². The van der Waals surface area contributed by atoms with Crippen LogP contribution in [0.4, 0.5) is 0 Å². The van der Waals surface area contributed by atoms with Crippen LogP contribution in [0.15, 0.2) is 4.52 Å². The lowest BCUT2D eigenvalue weighted by atomic mass is 9.84. The summed E-state index contributed by atoms with van der Waals surface area (Å²) in [7, 11) is 0. The van der Waals surface area contributed by atoms with Crippen LogP contribution < -0.4 is 5.32 Å². The molecule has 1 heterocycles. The minimum Gasteiger partial charge on any atom is -0.481 e. The number of hydrogen-bond donors (Lipinski definition) is 2. The molecule has 0 aliphatic rings. The summed E-state index contributed by atoms with van der Waals surface area (Å²) in [5.74, 6) is 0.164. The summed E-state index contributed by atoms with van der Waals surface area (Å²) in [4.78, 5) is 26.3. The molecule has 0 aliphatic heterocycles. The Balaban J connectivity index is 2.19. The molecule has 0 spiro atoms. The van der Waals surface area contributed by atoms with Gasteiger partial charge in [0.05, 0.1) is 0 Å². The molecule has 1 aromatic heterocycles. The van der Waals surface area contributed by atoms with Gasteiger partial charge in [-0.25, -0.2) is 0 Å². The van der Waals surface area contributed by atoms with Crippen molar-refractivity contribution in [2.75, 3.05) is 6.54 Å². The van der Waals surface area contributed by atoms with Gasteiger partial charge in [0, 0.05) is 25.8 Å². The summed E-state index contributed by atoms with van der Waals surface area (Å²) in [6, 6.07) is 0. The van der Waals surface area contributed by atoms with E-state index < -0.39 is 5.97 Å². The average molecular weight is 297 g/mol. The number of aliphatic carboxylic acids is 1. The second kappa shape index (κ2) is 7.75. The van der Waals surface area contributed by atoms with E-state index >= 15 is 0 Å². The van der Waals surface area contributed by atoms with Crippen molar-refractivity contribution in [1.29, 1.82) is 0 Å². The number of nitrogens with one attached hydrogen (secondary N) is 1. The number of carboxylic acids is 1. The molecule has 7 nitrogen and oxygen atoms in total. The van der Waals surface area contributed by atoms with E-state index in [1.165, 1.54) is 0 Å². The van der Waals surface area contributed by atoms with Crippen LogP contribution in [0.1, 0.15) is 51.2 Å². The van der Waals surface area contributed by atoms with Crippen molar-refractivity contribution in [3.05, 3.63) is 11.7 Å². The number of rotatable bonds is 9. The van der Waals surface area contributed by atoms with Crippen LogP contribution in [0, 0.1) is 12.3 Å². The van der Waals surface area contributed by atoms with Crippen molar-refractivity contribution in [3.8, 4) is 0 Å². The maximum Gasteiger partial charge on any atom is 0.303 e. The topological polar surface area (TPSA) is 105 Å². The molecule has 0 aliphatic carbocycles. The van der Waals surface area contributed by atoms with E-state index in [0.717, 1.165) is 6.42 Å². The van der Waals surface area contributed by atoms with Gasteiger partial charge in [-0.2, -0.15) is 4.98 Å². The van der Waals surface area contributed by atoms with Crippen LogP contribution in [0.25, 0.3) is 0 Å². The molecule has 0 radical (unpaired) electrons. The van der Waals surface area contributed by atoms with Crippen LogP contribution in [0.3, 0.4) is 0 Å². The first kappa shape index (κ1) is 17.1. The third kappa shape index (κ3) is 7.43. The van der Waals surface area contributed by atoms with E-state index in [1.54, 1.807) is 6.92 Å². The van der Waals surface area contributed by atoms with E-state index in [2.05, 4.69) is 15.5 Å². The SMILES string of the molecule is Cc1noc(CCC(=O)NCCC(C)(C)CCC(=O)O)n1. The summed E-state index contributed by atoms with van der Waals surface area (Å²) in [5.41, 5.74) is -0.102. The van der Waals surface area contributed by atoms with Crippen molar-refractivity contribution < 1.29 is 19.2 Å². The predicted octanol–water partition coefficient (Wildman–Crippen LogP) is 1.71. The molecule has 2 N–H and O–H groups in total. The minimum absolute atomic E-state index is 0.0695. The first-order valence-electron chi connectivity index (χ1n) is 7.06. The van der Waals surface area contributed by atoms with Gasteiger partial charge < -0.3 is 14.9 Å². The largest absolute Gasteiger partial charge is 0.481 e. The molecule has 0 saturated carbocycles. The molecule has 0 fully saturated rings. The fraction of sp³-hybridized carbons (Fsp3) is 0.714. The van der Waals surface area contributed by atoms with E-state index in [9.17, 15) is 9.59 Å². The second-order valence-corrected chi connectivity index (χ2v) is 5.89. The molecule has 0 bridgehead atoms. The van der Waals surface area contributed by atoms with Crippen LogP contribution in [0.2, 0.25) is 0 Å². The van der Waals surface area contributed by atoms with Gasteiger partial charge in [0.15, 0.2) is 5.82 Å². The lowest BCUT2D eigenvalue weighted by molar-refractivity contribution is -0.137. The lowest BCUT2D eigenvalue weighted by Crippen LogP contribution is -2.28. The Labute approximate surface area is 124 Å². The first-order valence-corrected chi connectivity index (χ1v) is 7.06. The molecule has 118 valence electrons. The molecular weight excluding hydrogens is 274 g/mol. The molecule has 7 heteroatoms. The van der Waals surface area contributed by atoms with E-state index in [4.69, 9.17) is 9.63 Å². The molecule has 0 aromatic carbocycles. The molecule has 0 unspecified atom stereocenters. The summed E-state index contributed by atoms with van der Waals surface area (Å²) >= 11 is 0. The van der Waals surface area contributed by atoms with Gasteiger partial charge in [0.2, 0.25) is 11.8 Å². The Morgan fingerprint density at radius 3 is 2.57 bits per heavy atom. The maximum absolute atomic E-state index is 11.7. The Bertz CT molecular complexity index is 482. The Morgan fingerprint density at radius 2 is 2.00 bits per heavy atom. The highest BCUT2D eigenvalue weighted by atomic mass is 16.5. The third-order valence-corrected chi connectivity index (χ3v) is 3.28. The third-order valence-electron chi connectivity index (χ3n) is 3.28. The highest BCUT2D eigenvalue weighted by molar-refractivity contribution is 5.75. The van der Waals surface area contributed by atoms with Crippen molar-refractivity contribution in [1.82, 2.24) is 15.5 Å². The number of carbonyl (C=O) groups is 2. The normalized spacial score (nSPS) is 11.4. The van der Waals surface area contributed by atoms with Crippen LogP contribution in [-0.4, -0.2) is 33.7 Å². The van der Waals surface area contributed by atoms with Crippen molar-refractivity contribution >= 4 is 11.9 Å². The van der Waals surface area contributed by atoms with Gasteiger partial charge >= 0.3 is 5.97 Å². The quantitative estimate of drug-likeness (QED) is 0.718. The van der Waals surface area contributed by atoms with Crippen LogP contribution >= 0.6 is 0 Å². The molecule has 0 saturated heterocycles. The van der Waals surface area contributed by atoms with Gasteiger partial charge in [0.1, 0.15) is 0 Å². The summed E-state index contributed by atoms with van der Waals surface area (Å²) in [6.45, 7) is 6.27. The average Bonchev–Trinajstić information content (AvgIpc) is 2.80. The number of nitrogens with zero attached hydrogens (tertiary/aromatic N) is 2. The van der Waals surface area contributed by atoms with Gasteiger partial charge in [-0.15, -0.1) is 0 Å². The van der Waals surface area contributed by atoms with Gasteiger partial charge in [-0.05, 0) is 25.2 Å². The maximum atomic E-state index is 11.7. The van der Waals surface area contributed by atoms with Crippen LogP contribution in [0.5, 0.6) is 0 Å². The summed E-state index contributed by atoms with van der Waals surface area (Å²) < 4.78 is 4.93. The molecule has 21 heavy (non-hydrogen) atoms. The Hall–Kier alpha value is -1.92. The zero-order chi connectivity index (χ0) is 15.9. The fourth-order valence-electron chi connectivity index (χ4n) is 1.86.